The van der Waals surface area contributed by atoms with Gasteiger partial charge in [0.15, 0.2) is 0 Å². The standard InChI is InChI=1S/C12H12N2O2/c1-3-6-13-11-9-5-4-8(16-2)7-10(9)14-12(11)15/h1,4-5,7,11,13H,6H2,2H3,(H,14,15). The molecule has 1 aliphatic rings. The third-order valence-electron chi connectivity index (χ3n) is 2.50. The molecule has 0 bridgehead atoms. The number of hydrogen-bond donors (Lipinski definition) is 2. The van der Waals surface area contributed by atoms with E-state index in [2.05, 4.69) is 16.6 Å². The number of benzene rings is 1. The Morgan fingerprint density at radius 1 is 1.62 bits per heavy atom. The molecule has 0 saturated carbocycles. The first kappa shape index (κ1) is 10.5. The summed E-state index contributed by atoms with van der Waals surface area (Å²) in [6.45, 7) is 0.365. The first-order valence-corrected chi connectivity index (χ1v) is 4.92. The summed E-state index contributed by atoms with van der Waals surface area (Å²) in [6.07, 6.45) is 5.15. The molecule has 1 heterocycles. The van der Waals surface area contributed by atoms with Crippen LogP contribution in [-0.2, 0) is 4.79 Å². The van der Waals surface area contributed by atoms with Crippen LogP contribution in [0.25, 0.3) is 0 Å². The van der Waals surface area contributed by atoms with E-state index in [1.807, 2.05) is 12.1 Å². The lowest BCUT2D eigenvalue weighted by Gasteiger charge is -2.08. The minimum Gasteiger partial charge on any atom is -0.497 e. The van der Waals surface area contributed by atoms with E-state index >= 15 is 0 Å². The Hall–Kier alpha value is -1.99. The lowest BCUT2D eigenvalue weighted by atomic mass is 10.1. The number of terminal acetylenes is 1. The molecule has 1 amide bonds. The van der Waals surface area contributed by atoms with Crippen molar-refractivity contribution in [1.82, 2.24) is 5.32 Å². The fourth-order valence-electron chi connectivity index (χ4n) is 1.73. The van der Waals surface area contributed by atoms with Crippen molar-refractivity contribution in [2.75, 3.05) is 19.0 Å². The largest absolute Gasteiger partial charge is 0.497 e. The van der Waals surface area contributed by atoms with Crippen LogP contribution in [-0.4, -0.2) is 19.6 Å². The number of methoxy groups -OCH3 is 1. The summed E-state index contributed by atoms with van der Waals surface area (Å²) < 4.78 is 5.09. The predicted molar refractivity (Wildman–Crippen MR) is 61.2 cm³/mol. The molecule has 0 radical (unpaired) electrons. The van der Waals surface area contributed by atoms with Crippen LogP contribution in [0.15, 0.2) is 18.2 Å². The van der Waals surface area contributed by atoms with E-state index in [1.54, 1.807) is 13.2 Å². The van der Waals surface area contributed by atoms with Gasteiger partial charge in [-0.05, 0) is 6.07 Å². The van der Waals surface area contributed by atoms with Gasteiger partial charge in [0.1, 0.15) is 11.8 Å². The third kappa shape index (κ3) is 1.73. The molecule has 0 aliphatic carbocycles. The summed E-state index contributed by atoms with van der Waals surface area (Å²) in [7, 11) is 1.59. The lowest BCUT2D eigenvalue weighted by Crippen LogP contribution is -2.27. The van der Waals surface area contributed by atoms with Crippen molar-refractivity contribution in [2.45, 2.75) is 6.04 Å². The number of ether oxygens (including phenoxy) is 1. The van der Waals surface area contributed by atoms with E-state index in [1.165, 1.54) is 0 Å². The quantitative estimate of drug-likeness (QED) is 0.738. The summed E-state index contributed by atoms with van der Waals surface area (Å²) >= 11 is 0. The molecular weight excluding hydrogens is 204 g/mol. The molecule has 16 heavy (non-hydrogen) atoms. The number of rotatable bonds is 3. The summed E-state index contributed by atoms with van der Waals surface area (Å²) in [6, 6.07) is 5.12. The fraction of sp³-hybridized carbons (Fsp3) is 0.250. The Kier molecular flexibility index (Phi) is 2.80. The number of carbonyl (C=O) groups is 1. The molecule has 4 heteroatoms. The highest BCUT2D eigenvalue weighted by Gasteiger charge is 2.29. The number of carbonyl (C=O) groups excluding carboxylic acids is 1. The Morgan fingerprint density at radius 2 is 2.44 bits per heavy atom. The lowest BCUT2D eigenvalue weighted by molar-refractivity contribution is -0.117. The zero-order valence-electron chi connectivity index (χ0n) is 8.91. The number of nitrogens with one attached hydrogen (secondary N) is 2. The Labute approximate surface area is 94.0 Å². The van der Waals surface area contributed by atoms with Crippen molar-refractivity contribution < 1.29 is 9.53 Å². The highest BCUT2D eigenvalue weighted by Crippen LogP contribution is 2.33. The van der Waals surface area contributed by atoms with Gasteiger partial charge in [0.2, 0.25) is 5.91 Å². The molecular formula is C12H12N2O2. The van der Waals surface area contributed by atoms with Gasteiger partial charge in [-0.25, -0.2) is 0 Å². The molecule has 82 valence electrons. The van der Waals surface area contributed by atoms with E-state index in [4.69, 9.17) is 11.2 Å². The zero-order valence-corrected chi connectivity index (χ0v) is 8.91. The highest BCUT2D eigenvalue weighted by atomic mass is 16.5. The number of anilines is 1. The van der Waals surface area contributed by atoms with Crippen LogP contribution >= 0.6 is 0 Å². The normalized spacial score (nSPS) is 17.5. The molecule has 0 saturated heterocycles. The van der Waals surface area contributed by atoms with Gasteiger partial charge in [0.25, 0.3) is 0 Å². The van der Waals surface area contributed by atoms with E-state index in [0.717, 1.165) is 17.0 Å². The van der Waals surface area contributed by atoms with Gasteiger partial charge < -0.3 is 10.1 Å². The smallest absolute Gasteiger partial charge is 0.246 e. The van der Waals surface area contributed by atoms with Crippen LogP contribution < -0.4 is 15.4 Å². The summed E-state index contributed by atoms with van der Waals surface area (Å²) in [5, 5.41) is 5.77. The van der Waals surface area contributed by atoms with Gasteiger partial charge in [-0.3, -0.25) is 10.1 Å². The third-order valence-corrected chi connectivity index (χ3v) is 2.50. The van der Waals surface area contributed by atoms with Crippen LogP contribution in [0, 0.1) is 12.3 Å². The average molecular weight is 216 g/mol. The second kappa shape index (κ2) is 4.25. The summed E-state index contributed by atoms with van der Waals surface area (Å²) in [5.74, 6) is 3.09. The van der Waals surface area contributed by atoms with Crippen LogP contribution in [0.1, 0.15) is 11.6 Å². The van der Waals surface area contributed by atoms with E-state index < -0.39 is 0 Å². The predicted octanol–water partition coefficient (Wildman–Crippen LogP) is 0.911. The van der Waals surface area contributed by atoms with Crippen LogP contribution in [0.5, 0.6) is 5.75 Å². The van der Waals surface area contributed by atoms with Gasteiger partial charge in [-0.1, -0.05) is 12.0 Å². The second-order valence-corrected chi connectivity index (χ2v) is 3.46. The number of hydrogen-bond acceptors (Lipinski definition) is 3. The van der Waals surface area contributed by atoms with Crippen LogP contribution in [0.4, 0.5) is 5.69 Å². The van der Waals surface area contributed by atoms with Crippen LogP contribution in [0.3, 0.4) is 0 Å². The van der Waals surface area contributed by atoms with Crippen molar-refractivity contribution in [3.63, 3.8) is 0 Å². The SMILES string of the molecule is C#CCNC1C(=O)Nc2cc(OC)ccc21. The second-order valence-electron chi connectivity index (χ2n) is 3.46. The van der Waals surface area contributed by atoms with Crippen molar-refractivity contribution >= 4 is 11.6 Å². The molecule has 1 aromatic rings. The molecule has 2 rings (SSSR count). The first-order chi connectivity index (χ1) is 7.76. The highest BCUT2D eigenvalue weighted by molar-refractivity contribution is 6.02. The van der Waals surface area contributed by atoms with Crippen molar-refractivity contribution in [1.29, 1.82) is 0 Å². The molecule has 0 aromatic heterocycles. The van der Waals surface area contributed by atoms with E-state index in [-0.39, 0.29) is 11.9 Å². The first-order valence-electron chi connectivity index (χ1n) is 4.92. The molecule has 1 aliphatic heterocycles. The van der Waals surface area contributed by atoms with Crippen molar-refractivity contribution in [2.24, 2.45) is 0 Å². The fourth-order valence-corrected chi connectivity index (χ4v) is 1.73. The zero-order chi connectivity index (χ0) is 11.5. The maximum atomic E-state index is 11.7. The van der Waals surface area contributed by atoms with Gasteiger partial charge in [-0.15, -0.1) is 6.42 Å². The Morgan fingerprint density at radius 3 is 3.12 bits per heavy atom. The molecule has 1 unspecified atom stereocenters. The summed E-state index contributed by atoms with van der Waals surface area (Å²) in [5.41, 5.74) is 1.68. The van der Waals surface area contributed by atoms with Gasteiger partial charge in [0.05, 0.1) is 13.7 Å². The monoisotopic (exact) mass is 216 g/mol. The molecule has 2 N–H and O–H groups in total. The minimum atomic E-state index is -0.364. The van der Waals surface area contributed by atoms with E-state index in [9.17, 15) is 4.79 Å². The van der Waals surface area contributed by atoms with Crippen molar-refractivity contribution in [3.8, 4) is 18.1 Å². The average Bonchev–Trinajstić information content (AvgIpc) is 2.61. The summed E-state index contributed by atoms with van der Waals surface area (Å²) in [4.78, 5) is 11.7. The van der Waals surface area contributed by atoms with Gasteiger partial charge >= 0.3 is 0 Å². The van der Waals surface area contributed by atoms with Gasteiger partial charge in [-0.2, -0.15) is 0 Å². The topological polar surface area (TPSA) is 50.4 Å². The molecule has 4 nitrogen and oxygen atoms in total. The molecule has 0 spiro atoms. The van der Waals surface area contributed by atoms with Crippen molar-refractivity contribution in [3.05, 3.63) is 23.8 Å². The maximum absolute atomic E-state index is 11.7. The Bertz CT molecular complexity index is 463. The van der Waals surface area contributed by atoms with Crippen LogP contribution in [0.2, 0.25) is 0 Å². The van der Waals surface area contributed by atoms with Gasteiger partial charge in [0, 0.05) is 17.3 Å². The number of amides is 1. The number of fused-ring (bicyclic) bond motifs is 1. The molecule has 0 fully saturated rings. The maximum Gasteiger partial charge on any atom is 0.246 e. The van der Waals surface area contributed by atoms with E-state index in [0.29, 0.717) is 6.54 Å². The molecule has 1 atom stereocenters. The molecule has 1 aromatic carbocycles. The Balaban J connectivity index is 2.28. The minimum absolute atomic E-state index is 0.0847.